The Labute approximate surface area is 113 Å². The molecule has 1 aromatic carbocycles. The van der Waals surface area contributed by atoms with Gasteiger partial charge in [-0.25, -0.2) is 0 Å². The Morgan fingerprint density at radius 2 is 2.11 bits per heavy atom. The molecule has 0 aromatic heterocycles. The Balaban J connectivity index is 2.16. The first-order chi connectivity index (χ1) is 9.11. The Morgan fingerprint density at radius 1 is 1.42 bits per heavy atom. The SMILES string of the molecule is CNc1c(CN2CCC(C)CC2)cccc1[N+](=O)[O-]. The lowest BCUT2D eigenvalue weighted by atomic mass is 9.98. The Bertz CT molecular complexity index is 454. The van der Waals surface area contributed by atoms with Crippen LogP contribution in [0.15, 0.2) is 18.2 Å². The number of nitro groups is 1. The lowest BCUT2D eigenvalue weighted by molar-refractivity contribution is -0.384. The van der Waals surface area contributed by atoms with Gasteiger partial charge in [-0.3, -0.25) is 15.0 Å². The monoisotopic (exact) mass is 263 g/mol. The largest absolute Gasteiger partial charge is 0.382 e. The summed E-state index contributed by atoms with van der Waals surface area (Å²) in [6, 6.07) is 5.28. The van der Waals surface area contributed by atoms with Crippen molar-refractivity contribution in [2.45, 2.75) is 26.3 Å². The number of piperidine rings is 1. The molecule has 1 aromatic rings. The van der Waals surface area contributed by atoms with Crippen molar-refractivity contribution in [3.8, 4) is 0 Å². The fourth-order valence-corrected chi connectivity index (χ4v) is 2.62. The van der Waals surface area contributed by atoms with Crippen molar-refractivity contribution >= 4 is 11.4 Å². The van der Waals surface area contributed by atoms with E-state index >= 15 is 0 Å². The molecule has 0 saturated carbocycles. The number of anilines is 1. The van der Waals surface area contributed by atoms with Crippen LogP contribution in [0.4, 0.5) is 11.4 Å². The number of hydrogen-bond donors (Lipinski definition) is 1. The van der Waals surface area contributed by atoms with Crippen molar-refractivity contribution < 1.29 is 4.92 Å². The van der Waals surface area contributed by atoms with Gasteiger partial charge in [-0.1, -0.05) is 19.1 Å². The van der Waals surface area contributed by atoms with Crippen LogP contribution in [0.5, 0.6) is 0 Å². The summed E-state index contributed by atoms with van der Waals surface area (Å²) in [5, 5.41) is 14.0. The Morgan fingerprint density at radius 3 is 2.68 bits per heavy atom. The third-order valence-corrected chi connectivity index (χ3v) is 3.85. The average molecular weight is 263 g/mol. The zero-order chi connectivity index (χ0) is 13.8. The van der Waals surface area contributed by atoms with E-state index in [0.717, 1.165) is 31.1 Å². The molecular formula is C14H21N3O2. The quantitative estimate of drug-likeness (QED) is 0.670. The first-order valence-electron chi connectivity index (χ1n) is 6.78. The number of nitrogens with zero attached hydrogens (tertiary/aromatic N) is 2. The molecule has 104 valence electrons. The summed E-state index contributed by atoms with van der Waals surface area (Å²) < 4.78 is 0. The standard InChI is InChI=1S/C14H21N3O2/c1-11-6-8-16(9-7-11)10-12-4-3-5-13(17(18)19)14(12)15-2/h3-5,11,15H,6-10H2,1-2H3. The van der Waals surface area contributed by atoms with E-state index in [1.54, 1.807) is 19.2 Å². The van der Waals surface area contributed by atoms with Gasteiger partial charge in [0.05, 0.1) is 4.92 Å². The van der Waals surface area contributed by atoms with Gasteiger partial charge in [0.1, 0.15) is 5.69 Å². The number of nitrogens with one attached hydrogen (secondary N) is 1. The van der Waals surface area contributed by atoms with Gasteiger partial charge in [0.2, 0.25) is 0 Å². The zero-order valence-electron chi connectivity index (χ0n) is 11.6. The van der Waals surface area contributed by atoms with E-state index in [9.17, 15) is 10.1 Å². The summed E-state index contributed by atoms with van der Waals surface area (Å²) in [7, 11) is 1.74. The van der Waals surface area contributed by atoms with Crippen molar-refractivity contribution in [1.29, 1.82) is 0 Å². The summed E-state index contributed by atoms with van der Waals surface area (Å²) in [5.74, 6) is 0.796. The molecule has 1 saturated heterocycles. The highest BCUT2D eigenvalue weighted by molar-refractivity contribution is 5.66. The maximum Gasteiger partial charge on any atom is 0.292 e. The highest BCUT2D eigenvalue weighted by Gasteiger charge is 2.20. The molecule has 0 bridgehead atoms. The number of likely N-dealkylation sites (tertiary alicyclic amines) is 1. The molecule has 2 rings (SSSR count). The minimum Gasteiger partial charge on any atom is -0.382 e. The molecule has 1 N–H and O–H groups in total. The van der Waals surface area contributed by atoms with E-state index in [4.69, 9.17) is 0 Å². The fraction of sp³-hybridized carbons (Fsp3) is 0.571. The number of para-hydroxylation sites is 1. The molecular weight excluding hydrogens is 242 g/mol. The maximum absolute atomic E-state index is 11.0. The molecule has 0 amide bonds. The summed E-state index contributed by atoms with van der Waals surface area (Å²) in [6.07, 6.45) is 2.42. The molecule has 0 aliphatic carbocycles. The van der Waals surface area contributed by atoms with Crippen LogP contribution in [0, 0.1) is 16.0 Å². The van der Waals surface area contributed by atoms with Gasteiger partial charge < -0.3 is 5.32 Å². The molecule has 19 heavy (non-hydrogen) atoms. The van der Waals surface area contributed by atoms with E-state index in [1.807, 2.05) is 6.07 Å². The predicted molar refractivity (Wildman–Crippen MR) is 76.3 cm³/mol. The van der Waals surface area contributed by atoms with Crippen LogP contribution in [-0.2, 0) is 6.54 Å². The summed E-state index contributed by atoms with van der Waals surface area (Å²) >= 11 is 0. The lowest BCUT2D eigenvalue weighted by Crippen LogP contribution is -2.32. The fourth-order valence-electron chi connectivity index (χ4n) is 2.62. The molecule has 1 fully saturated rings. The number of hydrogen-bond acceptors (Lipinski definition) is 4. The highest BCUT2D eigenvalue weighted by atomic mass is 16.6. The van der Waals surface area contributed by atoms with Crippen LogP contribution in [0.3, 0.4) is 0 Å². The van der Waals surface area contributed by atoms with E-state index in [1.165, 1.54) is 12.8 Å². The van der Waals surface area contributed by atoms with Gasteiger partial charge >= 0.3 is 0 Å². The number of rotatable bonds is 4. The van der Waals surface area contributed by atoms with Crippen LogP contribution in [0.2, 0.25) is 0 Å². The van der Waals surface area contributed by atoms with Crippen molar-refractivity contribution in [2.24, 2.45) is 5.92 Å². The van der Waals surface area contributed by atoms with Crippen molar-refractivity contribution in [2.75, 3.05) is 25.5 Å². The normalized spacial score (nSPS) is 17.4. The molecule has 0 spiro atoms. The predicted octanol–water partition coefficient (Wildman–Crippen LogP) is 2.87. The van der Waals surface area contributed by atoms with Crippen LogP contribution in [0.25, 0.3) is 0 Å². The number of benzene rings is 1. The van der Waals surface area contributed by atoms with Crippen molar-refractivity contribution in [3.63, 3.8) is 0 Å². The molecule has 1 aliphatic heterocycles. The van der Waals surface area contributed by atoms with E-state index < -0.39 is 0 Å². The third kappa shape index (κ3) is 3.23. The number of nitro benzene ring substituents is 1. The van der Waals surface area contributed by atoms with Crippen LogP contribution < -0.4 is 5.32 Å². The lowest BCUT2D eigenvalue weighted by Gasteiger charge is -2.30. The van der Waals surface area contributed by atoms with Gasteiger partial charge in [0, 0.05) is 19.7 Å². The van der Waals surface area contributed by atoms with Gasteiger partial charge in [-0.15, -0.1) is 0 Å². The zero-order valence-corrected chi connectivity index (χ0v) is 11.6. The first-order valence-corrected chi connectivity index (χ1v) is 6.78. The summed E-state index contributed by atoms with van der Waals surface area (Å²) in [5.41, 5.74) is 1.81. The van der Waals surface area contributed by atoms with Gasteiger partial charge in [-0.05, 0) is 37.4 Å². The molecule has 5 heteroatoms. The Hall–Kier alpha value is -1.62. The second kappa shape index (κ2) is 6.02. The average Bonchev–Trinajstić information content (AvgIpc) is 2.41. The van der Waals surface area contributed by atoms with Gasteiger partial charge in [0.15, 0.2) is 0 Å². The van der Waals surface area contributed by atoms with Crippen molar-refractivity contribution in [3.05, 3.63) is 33.9 Å². The second-order valence-corrected chi connectivity index (χ2v) is 5.28. The van der Waals surface area contributed by atoms with Crippen molar-refractivity contribution in [1.82, 2.24) is 4.90 Å². The highest BCUT2D eigenvalue weighted by Crippen LogP contribution is 2.29. The second-order valence-electron chi connectivity index (χ2n) is 5.28. The molecule has 0 atom stereocenters. The van der Waals surface area contributed by atoms with E-state index in [0.29, 0.717) is 5.69 Å². The van der Waals surface area contributed by atoms with E-state index in [-0.39, 0.29) is 10.6 Å². The third-order valence-electron chi connectivity index (χ3n) is 3.85. The Kier molecular flexibility index (Phi) is 4.37. The molecule has 0 unspecified atom stereocenters. The molecule has 1 heterocycles. The molecule has 0 radical (unpaired) electrons. The minimum absolute atomic E-state index is 0.158. The first kappa shape index (κ1) is 13.8. The van der Waals surface area contributed by atoms with E-state index in [2.05, 4.69) is 17.1 Å². The van der Waals surface area contributed by atoms with Crippen LogP contribution in [-0.4, -0.2) is 30.0 Å². The summed E-state index contributed by atoms with van der Waals surface area (Å²) in [6.45, 7) is 5.22. The smallest absolute Gasteiger partial charge is 0.292 e. The van der Waals surface area contributed by atoms with Crippen LogP contribution >= 0.6 is 0 Å². The van der Waals surface area contributed by atoms with Gasteiger partial charge in [-0.2, -0.15) is 0 Å². The van der Waals surface area contributed by atoms with Gasteiger partial charge in [0.25, 0.3) is 5.69 Å². The topological polar surface area (TPSA) is 58.4 Å². The maximum atomic E-state index is 11.0. The van der Waals surface area contributed by atoms with Crippen LogP contribution in [0.1, 0.15) is 25.3 Å². The molecule has 5 nitrogen and oxygen atoms in total. The molecule has 1 aliphatic rings. The minimum atomic E-state index is -0.326. The summed E-state index contributed by atoms with van der Waals surface area (Å²) in [4.78, 5) is 13.1.